The molecule has 0 aliphatic carbocycles. The molecule has 0 amide bonds. The molecule has 0 aliphatic heterocycles. The fourth-order valence-corrected chi connectivity index (χ4v) is 2.55. The quantitative estimate of drug-likeness (QED) is 0.878. The van der Waals surface area contributed by atoms with Crippen molar-refractivity contribution < 1.29 is 4.39 Å². The molecular formula is C13H17FN4S. The first-order valence-electron chi connectivity index (χ1n) is 6.19. The Morgan fingerprint density at radius 2 is 2.21 bits per heavy atom. The third-order valence-corrected chi connectivity index (χ3v) is 3.80. The van der Waals surface area contributed by atoms with E-state index in [1.807, 2.05) is 19.9 Å². The predicted molar refractivity (Wildman–Crippen MR) is 77.2 cm³/mol. The van der Waals surface area contributed by atoms with Gasteiger partial charge in [-0.15, -0.1) is 11.3 Å². The van der Waals surface area contributed by atoms with Gasteiger partial charge in [-0.25, -0.2) is 9.37 Å². The Hall–Kier alpha value is -1.69. The van der Waals surface area contributed by atoms with Gasteiger partial charge >= 0.3 is 0 Å². The summed E-state index contributed by atoms with van der Waals surface area (Å²) < 4.78 is 13.7. The monoisotopic (exact) mass is 280 g/mol. The van der Waals surface area contributed by atoms with Crippen molar-refractivity contribution in [1.29, 1.82) is 0 Å². The number of aryl methyl sites for hydroxylation is 1. The SMILES string of the molecule is CCNc1ncc(F)c(NC(C)c2ccc(C)s2)n1. The predicted octanol–water partition coefficient (Wildman–Crippen LogP) is 3.59. The summed E-state index contributed by atoms with van der Waals surface area (Å²) in [6.07, 6.45) is 1.18. The highest BCUT2D eigenvalue weighted by molar-refractivity contribution is 7.12. The number of nitrogens with zero attached hydrogens (tertiary/aromatic N) is 2. The zero-order chi connectivity index (χ0) is 13.8. The molecule has 1 atom stereocenters. The molecule has 2 aromatic heterocycles. The van der Waals surface area contributed by atoms with Gasteiger partial charge in [-0.05, 0) is 32.9 Å². The number of aromatic nitrogens is 2. The number of anilines is 2. The van der Waals surface area contributed by atoms with Crippen molar-refractivity contribution in [1.82, 2.24) is 9.97 Å². The molecule has 0 spiro atoms. The van der Waals surface area contributed by atoms with Crippen molar-refractivity contribution in [2.45, 2.75) is 26.8 Å². The molecule has 2 heterocycles. The highest BCUT2D eigenvalue weighted by atomic mass is 32.1. The van der Waals surface area contributed by atoms with Crippen molar-refractivity contribution in [3.05, 3.63) is 33.9 Å². The number of rotatable bonds is 5. The molecule has 1 unspecified atom stereocenters. The van der Waals surface area contributed by atoms with Crippen LogP contribution in [0.25, 0.3) is 0 Å². The molecule has 2 aromatic rings. The second-order valence-corrected chi connectivity index (χ2v) is 5.55. The Labute approximate surface area is 116 Å². The van der Waals surface area contributed by atoms with E-state index >= 15 is 0 Å². The van der Waals surface area contributed by atoms with E-state index in [-0.39, 0.29) is 11.9 Å². The van der Waals surface area contributed by atoms with Crippen LogP contribution in [0.5, 0.6) is 0 Å². The molecular weight excluding hydrogens is 263 g/mol. The van der Waals surface area contributed by atoms with E-state index in [0.29, 0.717) is 12.5 Å². The lowest BCUT2D eigenvalue weighted by atomic mass is 10.2. The summed E-state index contributed by atoms with van der Waals surface area (Å²) in [5.74, 6) is 0.215. The van der Waals surface area contributed by atoms with Crippen LogP contribution in [0.2, 0.25) is 0 Å². The molecule has 0 bridgehead atoms. The van der Waals surface area contributed by atoms with E-state index in [1.165, 1.54) is 11.1 Å². The fourth-order valence-electron chi connectivity index (χ4n) is 1.67. The van der Waals surface area contributed by atoms with E-state index in [9.17, 15) is 4.39 Å². The average molecular weight is 280 g/mol. The van der Waals surface area contributed by atoms with Crippen LogP contribution < -0.4 is 10.6 Å². The Morgan fingerprint density at radius 3 is 2.84 bits per heavy atom. The summed E-state index contributed by atoms with van der Waals surface area (Å²) in [7, 11) is 0. The smallest absolute Gasteiger partial charge is 0.224 e. The number of hydrogen-bond acceptors (Lipinski definition) is 5. The molecule has 0 aromatic carbocycles. The first-order valence-corrected chi connectivity index (χ1v) is 7.01. The zero-order valence-electron chi connectivity index (χ0n) is 11.2. The molecule has 2 N–H and O–H groups in total. The third kappa shape index (κ3) is 3.41. The molecule has 102 valence electrons. The first-order chi connectivity index (χ1) is 9.10. The summed E-state index contributed by atoms with van der Waals surface area (Å²) in [4.78, 5) is 10.4. The van der Waals surface area contributed by atoms with Crippen LogP contribution >= 0.6 is 11.3 Å². The Morgan fingerprint density at radius 1 is 1.42 bits per heavy atom. The topological polar surface area (TPSA) is 49.8 Å². The summed E-state index contributed by atoms with van der Waals surface area (Å²) in [5.41, 5.74) is 0. The molecule has 4 nitrogen and oxygen atoms in total. The Bertz CT molecular complexity index is 555. The molecule has 0 aliphatic rings. The van der Waals surface area contributed by atoms with Crippen molar-refractivity contribution in [2.75, 3.05) is 17.2 Å². The van der Waals surface area contributed by atoms with E-state index in [0.717, 1.165) is 4.88 Å². The maximum Gasteiger partial charge on any atom is 0.224 e. The van der Waals surface area contributed by atoms with Crippen molar-refractivity contribution >= 4 is 23.1 Å². The standard InChI is InChI=1S/C13H17FN4S/c1-4-15-13-16-7-10(14)12(18-13)17-9(3)11-6-5-8(2)19-11/h5-7,9H,4H2,1-3H3,(H2,15,16,17,18). The van der Waals surface area contributed by atoms with E-state index in [4.69, 9.17) is 0 Å². The average Bonchev–Trinajstić information content (AvgIpc) is 2.80. The van der Waals surface area contributed by atoms with Gasteiger partial charge < -0.3 is 10.6 Å². The van der Waals surface area contributed by atoms with Crippen LogP contribution in [-0.2, 0) is 0 Å². The number of hydrogen-bond donors (Lipinski definition) is 2. The lowest BCUT2D eigenvalue weighted by Gasteiger charge is -2.14. The molecule has 0 fully saturated rings. The molecule has 0 radical (unpaired) electrons. The molecule has 0 saturated heterocycles. The zero-order valence-corrected chi connectivity index (χ0v) is 12.0. The van der Waals surface area contributed by atoms with Crippen LogP contribution in [0.4, 0.5) is 16.2 Å². The molecule has 6 heteroatoms. The van der Waals surface area contributed by atoms with Crippen LogP contribution in [-0.4, -0.2) is 16.5 Å². The Balaban J connectivity index is 2.15. The largest absolute Gasteiger partial charge is 0.360 e. The number of thiophene rings is 1. The van der Waals surface area contributed by atoms with Gasteiger partial charge in [0.05, 0.1) is 12.2 Å². The van der Waals surface area contributed by atoms with E-state index < -0.39 is 5.82 Å². The third-order valence-electron chi connectivity index (χ3n) is 2.62. The van der Waals surface area contributed by atoms with Gasteiger partial charge in [0.2, 0.25) is 5.95 Å². The van der Waals surface area contributed by atoms with Crippen molar-refractivity contribution in [2.24, 2.45) is 0 Å². The van der Waals surface area contributed by atoms with Gasteiger partial charge in [0.25, 0.3) is 0 Å². The summed E-state index contributed by atoms with van der Waals surface area (Å²) in [5, 5.41) is 6.05. The molecule has 19 heavy (non-hydrogen) atoms. The van der Waals surface area contributed by atoms with Crippen LogP contribution in [0, 0.1) is 12.7 Å². The lowest BCUT2D eigenvalue weighted by molar-refractivity contribution is 0.614. The van der Waals surface area contributed by atoms with Gasteiger partial charge in [0, 0.05) is 16.3 Å². The van der Waals surface area contributed by atoms with Crippen LogP contribution in [0.3, 0.4) is 0 Å². The van der Waals surface area contributed by atoms with Crippen LogP contribution in [0.15, 0.2) is 18.3 Å². The maximum atomic E-state index is 13.7. The minimum Gasteiger partial charge on any atom is -0.360 e. The summed E-state index contributed by atoms with van der Waals surface area (Å²) in [6, 6.07) is 4.11. The molecule has 0 saturated carbocycles. The summed E-state index contributed by atoms with van der Waals surface area (Å²) in [6.45, 7) is 6.68. The fraction of sp³-hybridized carbons (Fsp3) is 0.385. The first kappa shape index (κ1) is 13.7. The van der Waals surface area contributed by atoms with Gasteiger partial charge in [-0.3, -0.25) is 0 Å². The number of halogens is 1. The molecule has 2 rings (SSSR count). The van der Waals surface area contributed by atoms with Gasteiger partial charge in [-0.1, -0.05) is 0 Å². The number of nitrogens with one attached hydrogen (secondary N) is 2. The van der Waals surface area contributed by atoms with Gasteiger partial charge in [0.1, 0.15) is 0 Å². The minimum absolute atomic E-state index is 0.0116. The van der Waals surface area contributed by atoms with Crippen molar-refractivity contribution in [3.63, 3.8) is 0 Å². The van der Waals surface area contributed by atoms with Crippen LogP contribution in [0.1, 0.15) is 29.6 Å². The summed E-state index contributed by atoms with van der Waals surface area (Å²) >= 11 is 1.69. The van der Waals surface area contributed by atoms with Gasteiger partial charge in [-0.2, -0.15) is 4.98 Å². The maximum absolute atomic E-state index is 13.7. The van der Waals surface area contributed by atoms with Gasteiger partial charge in [0.15, 0.2) is 11.6 Å². The highest BCUT2D eigenvalue weighted by Crippen LogP contribution is 2.26. The van der Waals surface area contributed by atoms with E-state index in [2.05, 4.69) is 33.6 Å². The minimum atomic E-state index is -0.443. The Kier molecular flexibility index (Phi) is 4.31. The van der Waals surface area contributed by atoms with Crippen molar-refractivity contribution in [3.8, 4) is 0 Å². The second kappa shape index (κ2) is 5.97. The second-order valence-electron chi connectivity index (χ2n) is 4.23. The normalized spacial score (nSPS) is 12.2. The lowest BCUT2D eigenvalue weighted by Crippen LogP contribution is -2.11. The van der Waals surface area contributed by atoms with E-state index in [1.54, 1.807) is 11.3 Å². The highest BCUT2D eigenvalue weighted by Gasteiger charge is 2.12.